The lowest BCUT2D eigenvalue weighted by molar-refractivity contribution is -0.119. The molecule has 0 bridgehead atoms. The van der Waals surface area contributed by atoms with Crippen molar-refractivity contribution in [2.75, 3.05) is 6.54 Å². The van der Waals surface area contributed by atoms with Crippen molar-refractivity contribution in [3.8, 4) is 0 Å². The lowest BCUT2D eigenvalue weighted by atomic mass is 10.2. The number of primary amides is 1. The van der Waals surface area contributed by atoms with Gasteiger partial charge in [0.05, 0.1) is 18.7 Å². The quantitative estimate of drug-likeness (QED) is 0.362. The first kappa shape index (κ1) is 14.2. The summed E-state index contributed by atoms with van der Waals surface area (Å²) in [6, 6.07) is 1.72. The predicted molar refractivity (Wildman–Crippen MR) is 65.1 cm³/mol. The first-order valence-corrected chi connectivity index (χ1v) is 5.54. The van der Waals surface area contributed by atoms with Crippen molar-refractivity contribution in [1.29, 1.82) is 0 Å². The molecule has 0 saturated carbocycles. The number of hydrogen-bond donors (Lipinski definition) is 3. The minimum atomic E-state index is -0.420. The van der Waals surface area contributed by atoms with Gasteiger partial charge in [-0.1, -0.05) is 0 Å². The highest BCUT2D eigenvalue weighted by Crippen LogP contribution is 2.12. The normalized spacial score (nSPS) is 10.9. The molecular formula is C11H18N4O3. The van der Waals surface area contributed by atoms with E-state index in [1.807, 2.05) is 24.2 Å². The summed E-state index contributed by atoms with van der Waals surface area (Å²) in [4.78, 5) is 24.0. The van der Waals surface area contributed by atoms with E-state index >= 15 is 0 Å². The molecule has 0 atom stereocenters. The van der Waals surface area contributed by atoms with E-state index in [4.69, 9.17) is 16.0 Å². The number of amides is 2. The Labute approximate surface area is 105 Å². The van der Waals surface area contributed by atoms with E-state index in [0.29, 0.717) is 17.9 Å². The molecule has 0 fully saturated rings. The molecule has 1 heterocycles. The van der Waals surface area contributed by atoms with Gasteiger partial charge < -0.3 is 10.2 Å². The van der Waals surface area contributed by atoms with Crippen molar-refractivity contribution in [2.24, 2.45) is 11.6 Å². The first-order valence-electron chi connectivity index (χ1n) is 5.54. The fraction of sp³-hybridized carbons (Fsp3) is 0.455. The lowest BCUT2D eigenvalue weighted by Crippen LogP contribution is -2.37. The molecule has 0 saturated heterocycles. The average Bonchev–Trinajstić information content (AvgIpc) is 2.75. The summed E-state index contributed by atoms with van der Waals surface area (Å²) < 4.78 is 5.24. The number of rotatable bonds is 6. The standard InChI is InChI=1S/C11H18N4O3/c1-7(2)15(5-10(12)16)4-9-3-8(6-18-9)11(17)14-13/h3,6-7H,4-5,13H2,1-2H3,(H2,12,16)(H,14,17). The van der Waals surface area contributed by atoms with Crippen molar-refractivity contribution >= 4 is 11.8 Å². The molecule has 0 spiro atoms. The van der Waals surface area contributed by atoms with Crippen LogP contribution in [0.25, 0.3) is 0 Å². The molecule has 7 nitrogen and oxygen atoms in total. The highest BCUT2D eigenvalue weighted by molar-refractivity contribution is 5.93. The molecule has 1 rings (SSSR count). The molecule has 1 aromatic rings. The van der Waals surface area contributed by atoms with Crippen molar-refractivity contribution in [3.63, 3.8) is 0 Å². The van der Waals surface area contributed by atoms with Gasteiger partial charge in [0.2, 0.25) is 5.91 Å². The van der Waals surface area contributed by atoms with Crippen LogP contribution in [0.2, 0.25) is 0 Å². The molecule has 0 radical (unpaired) electrons. The second kappa shape index (κ2) is 6.18. The predicted octanol–water partition coefficient (Wildman–Crippen LogP) is -0.421. The maximum atomic E-state index is 11.2. The maximum absolute atomic E-state index is 11.2. The van der Waals surface area contributed by atoms with Gasteiger partial charge >= 0.3 is 0 Å². The van der Waals surface area contributed by atoms with Crippen LogP contribution >= 0.6 is 0 Å². The molecule has 2 amide bonds. The third-order valence-corrected chi connectivity index (χ3v) is 2.50. The number of nitrogens with one attached hydrogen (secondary N) is 1. The van der Waals surface area contributed by atoms with E-state index in [9.17, 15) is 9.59 Å². The second-order valence-corrected chi connectivity index (χ2v) is 4.24. The summed E-state index contributed by atoms with van der Waals surface area (Å²) in [6.07, 6.45) is 1.32. The van der Waals surface area contributed by atoms with Crippen LogP contribution in [0.4, 0.5) is 0 Å². The number of nitrogens with two attached hydrogens (primary N) is 2. The lowest BCUT2D eigenvalue weighted by Gasteiger charge is -2.23. The van der Waals surface area contributed by atoms with Gasteiger partial charge in [0, 0.05) is 6.04 Å². The van der Waals surface area contributed by atoms with Crippen LogP contribution in [0.3, 0.4) is 0 Å². The number of furan rings is 1. The zero-order chi connectivity index (χ0) is 13.7. The van der Waals surface area contributed by atoms with Crippen LogP contribution in [-0.2, 0) is 11.3 Å². The second-order valence-electron chi connectivity index (χ2n) is 4.24. The summed E-state index contributed by atoms with van der Waals surface area (Å²) >= 11 is 0. The number of carbonyl (C=O) groups is 2. The third-order valence-electron chi connectivity index (χ3n) is 2.50. The largest absolute Gasteiger partial charge is 0.467 e. The third kappa shape index (κ3) is 3.86. The Morgan fingerprint density at radius 2 is 2.17 bits per heavy atom. The van der Waals surface area contributed by atoms with E-state index in [0.717, 1.165) is 0 Å². The zero-order valence-corrected chi connectivity index (χ0v) is 10.5. The fourth-order valence-corrected chi connectivity index (χ4v) is 1.49. The molecule has 0 aliphatic rings. The van der Waals surface area contributed by atoms with E-state index in [1.165, 1.54) is 6.26 Å². The first-order chi connectivity index (χ1) is 8.43. The van der Waals surface area contributed by atoms with E-state index < -0.39 is 11.8 Å². The number of hydrazine groups is 1. The van der Waals surface area contributed by atoms with Crippen LogP contribution in [0.15, 0.2) is 16.7 Å². The van der Waals surface area contributed by atoms with Gasteiger partial charge in [0.1, 0.15) is 12.0 Å². The summed E-state index contributed by atoms with van der Waals surface area (Å²) in [5.41, 5.74) is 7.53. The number of carbonyl (C=O) groups excluding carboxylic acids is 2. The van der Waals surface area contributed by atoms with Crippen LogP contribution in [0, 0.1) is 0 Å². The molecule has 5 N–H and O–H groups in total. The van der Waals surface area contributed by atoms with Crippen LogP contribution in [-0.4, -0.2) is 29.3 Å². The van der Waals surface area contributed by atoms with Gasteiger partial charge in [-0.05, 0) is 19.9 Å². The molecule has 100 valence electrons. The molecule has 18 heavy (non-hydrogen) atoms. The van der Waals surface area contributed by atoms with E-state index in [-0.39, 0.29) is 12.6 Å². The Morgan fingerprint density at radius 3 is 2.67 bits per heavy atom. The Balaban J connectivity index is 2.72. The summed E-state index contributed by atoms with van der Waals surface area (Å²) in [5.74, 6) is 4.76. The van der Waals surface area contributed by atoms with Gasteiger partial charge in [-0.2, -0.15) is 0 Å². The Hall–Kier alpha value is -1.86. The number of nitrogens with zero attached hydrogens (tertiary/aromatic N) is 1. The molecule has 7 heteroatoms. The highest BCUT2D eigenvalue weighted by atomic mass is 16.3. The average molecular weight is 254 g/mol. The van der Waals surface area contributed by atoms with Crippen LogP contribution in [0.1, 0.15) is 30.0 Å². The van der Waals surface area contributed by atoms with Crippen LogP contribution < -0.4 is 17.0 Å². The van der Waals surface area contributed by atoms with Crippen LogP contribution in [0.5, 0.6) is 0 Å². The molecule has 1 aromatic heterocycles. The van der Waals surface area contributed by atoms with Crippen molar-refractivity contribution in [2.45, 2.75) is 26.4 Å². The van der Waals surface area contributed by atoms with Gasteiger partial charge in [-0.25, -0.2) is 5.84 Å². The van der Waals surface area contributed by atoms with Gasteiger partial charge in [-0.15, -0.1) is 0 Å². The Kier molecular flexibility index (Phi) is 4.87. The summed E-state index contributed by atoms with van der Waals surface area (Å²) in [5, 5.41) is 0. The molecule has 0 aliphatic heterocycles. The topological polar surface area (TPSA) is 115 Å². The van der Waals surface area contributed by atoms with E-state index in [1.54, 1.807) is 6.07 Å². The monoisotopic (exact) mass is 254 g/mol. The van der Waals surface area contributed by atoms with Gasteiger partial charge in [0.25, 0.3) is 5.91 Å². The smallest absolute Gasteiger partial charge is 0.268 e. The highest BCUT2D eigenvalue weighted by Gasteiger charge is 2.16. The Bertz CT molecular complexity index is 428. The van der Waals surface area contributed by atoms with Crippen molar-refractivity contribution in [3.05, 3.63) is 23.7 Å². The van der Waals surface area contributed by atoms with Crippen molar-refractivity contribution < 1.29 is 14.0 Å². The maximum Gasteiger partial charge on any atom is 0.268 e. The Morgan fingerprint density at radius 1 is 1.50 bits per heavy atom. The molecule has 0 unspecified atom stereocenters. The van der Waals surface area contributed by atoms with Gasteiger partial charge in [-0.3, -0.25) is 19.9 Å². The summed E-state index contributed by atoms with van der Waals surface area (Å²) in [7, 11) is 0. The van der Waals surface area contributed by atoms with Gasteiger partial charge in [0.15, 0.2) is 0 Å². The molecule has 0 aliphatic carbocycles. The minimum Gasteiger partial charge on any atom is -0.467 e. The summed E-state index contributed by atoms with van der Waals surface area (Å²) in [6.45, 7) is 4.42. The zero-order valence-electron chi connectivity index (χ0n) is 10.5. The van der Waals surface area contributed by atoms with Crippen molar-refractivity contribution in [1.82, 2.24) is 10.3 Å². The minimum absolute atomic E-state index is 0.134. The molecule has 0 aromatic carbocycles. The van der Waals surface area contributed by atoms with E-state index in [2.05, 4.69) is 0 Å². The SMILES string of the molecule is CC(C)N(CC(N)=O)Cc1cc(C(=O)NN)co1. The number of hydrogen-bond acceptors (Lipinski definition) is 5. The molecular weight excluding hydrogens is 236 g/mol. The fourth-order valence-electron chi connectivity index (χ4n) is 1.49. The number of nitrogen functional groups attached to an aromatic ring is 1.